The van der Waals surface area contributed by atoms with Crippen molar-refractivity contribution in [2.45, 2.75) is 343 Å². The maximum absolute atomic E-state index is 13.3. The van der Waals surface area contributed by atoms with Gasteiger partial charge in [-0.2, -0.15) is 0 Å². The Labute approximate surface area is 492 Å². The van der Waals surface area contributed by atoms with Gasteiger partial charge in [-0.25, -0.2) is 0 Å². The Morgan fingerprint density at radius 3 is 1.22 bits per heavy atom. The number of hydrogen-bond donors (Lipinski definition) is 12. The van der Waals surface area contributed by atoms with Crippen LogP contribution in [0, 0.1) is 0 Å². The van der Waals surface area contributed by atoms with Crippen LogP contribution >= 0.6 is 0 Å². The van der Waals surface area contributed by atoms with Crippen LogP contribution in [-0.4, -0.2) is 193 Å². The standard InChI is InChI=1S/C63H117NO18/c1-3-5-7-9-11-13-15-17-18-19-20-21-22-23-24-25-26-27-29-31-33-35-37-39-41-51(69)64-46(47(68)40-38-36-34-32-30-28-16-14-12-10-8-6-4-2)45-77-61-57(75)54(72)59(49(43-66)79-61)82-63-58(76)55(73)60(50(44-67)80-63)81-62-56(74)53(71)52(70)48(42-65)78-62/h30,32,38,40,46-50,52-63,65-68,70-76H,3-29,31,33-37,39,41-45H2,1-2H3,(H,64,69)/b32-30+,40-38+. The number of hydrogen-bond acceptors (Lipinski definition) is 18. The summed E-state index contributed by atoms with van der Waals surface area (Å²) in [6.07, 6.45) is 23.1. The molecule has 0 saturated carbocycles. The lowest BCUT2D eigenvalue weighted by Crippen LogP contribution is -2.66. The highest BCUT2D eigenvalue weighted by atomic mass is 16.8. The third-order valence-electron chi connectivity index (χ3n) is 16.5. The first-order valence-corrected chi connectivity index (χ1v) is 32.6. The molecule has 12 N–H and O–H groups in total. The highest BCUT2D eigenvalue weighted by molar-refractivity contribution is 5.76. The lowest BCUT2D eigenvalue weighted by molar-refractivity contribution is -0.379. The number of carbonyl (C=O) groups is 1. The molecule has 0 radical (unpaired) electrons. The molecule has 19 nitrogen and oxygen atoms in total. The van der Waals surface area contributed by atoms with E-state index in [0.29, 0.717) is 12.8 Å². The van der Waals surface area contributed by atoms with E-state index in [-0.39, 0.29) is 18.9 Å². The predicted octanol–water partition coefficient (Wildman–Crippen LogP) is 7.10. The minimum absolute atomic E-state index is 0.240. The molecule has 1 amide bonds. The molecule has 17 unspecified atom stereocenters. The molecular formula is C63H117NO18. The van der Waals surface area contributed by atoms with Crippen molar-refractivity contribution in [1.82, 2.24) is 5.32 Å². The Bertz CT molecular complexity index is 1590. The fraction of sp³-hybridized carbons (Fsp3) is 0.921. The number of rotatable bonds is 49. The summed E-state index contributed by atoms with van der Waals surface area (Å²) < 4.78 is 34.2. The summed E-state index contributed by atoms with van der Waals surface area (Å²) in [5, 5.41) is 120. The number of nitrogens with one attached hydrogen (secondary N) is 1. The third-order valence-corrected chi connectivity index (χ3v) is 16.5. The van der Waals surface area contributed by atoms with E-state index in [9.17, 15) is 61.0 Å². The molecule has 3 fully saturated rings. The smallest absolute Gasteiger partial charge is 0.220 e. The molecule has 0 spiro atoms. The molecule has 0 aromatic heterocycles. The first-order chi connectivity index (χ1) is 39.8. The van der Waals surface area contributed by atoms with Crippen LogP contribution in [0.3, 0.4) is 0 Å². The van der Waals surface area contributed by atoms with Gasteiger partial charge in [-0.1, -0.05) is 224 Å². The molecule has 82 heavy (non-hydrogen) atoms. The number of amides is 1. The molecular weight excluding hydrogens is 1060 g/mol. The number of aliphatic hydroxyl groups excluding tert-OH is 11. The van der Waals surface area contributed by atoms with E-state index in [4.69, 9.17) is 28.4 Å². The largest absolute Gasteiger partial charge is 0.394 e. The molecule has 0 aromatic carbocycles. The van der Waals surface area contributed by atoms with Crippen molar-refractivity contribution < 1.29 is 89.4 Å². The zero-order chi connectivity index (χ0) is 59.7. The molecule has 3 aliphatic heterocycles. The summed E-state index contributed by atoms with van der Waals surface area (Å²) in [6, 6.07) is -0.985. The monoisotopic (exact) mass is 1180 g/mol. The van der Waals surface area contributed by atoms with Crippen LogP contribution < -0.4 is 5.32 Å². The summed E-state index contributed by atoms with van der Waals surface area (Å²) in [5.74, 6) is -0.282. The number of allylic oxidation sites excluding steroid dienone is 3. The lowest BCUT2D eigenvalue weighted by Gasteiger charge is -2.48. The topological polar surface area (TPSA) is 307 Å². The van der Waals surface area contributed by atoms with Crippen molar-refractivity contribution in [1.29, 1.82) is 0 Å². The molecule has 3 heterocycles. The Morgan fingerprint density at radius 1 is 0.427 bits per heavy atom. The Morgan fingerprint density at radius 2 is 0.780 bits per heavy atom. The Kier molecular flexibility index (Phi) is 42.2. The summed E-state index contributed by atoms with van der Waals surface area (Å²) in [4.78, 5) is 13.3. The van der Waals surface area contributed by atoms with Gasteiger partial charge in [-0.05, 0) is 32.1 Å². The predicted molar refractivity (Wildman–Crippen MR) is 314 cm³/mol. The van der Waals surface area contributed by atoms with Gasteiger partial charge < -0.3 is 89.9 Å². The second kappa shape index (κ2) is 46.4. The van der Waals surface area contributed by atoms with E-state index in [2.05, 4.69) is 31.3 Å². The van der Waals surface area contributed by atoms with Gasteiger partial charge in [0.2, 0.25) is 5.91 Å². The SMILES string of the molecule is CCCCCCCCC/C=C/CC/C=C/C(O)C(COC1OC(CO)C(OC2OC(CO)C(OC3OC(CO)C(O)C(O)C3O)C(O)C2O)C(O)C1O)NC(=O)CCCCCCCCCCCCCCCCCCCCCCCCCC. The fourth-order valence-electron chi connectivity index (χ4n) is 11.1. The van der Waals surface area contributed by atoms with Crippen molar-refractivity contribution in [2.75, 3.05) is 26.4 Å². The highest BCUT2D eigenvalue weighted by Crippen LogP contribution is 2.33. The van der Waals surface area contributed by atoms with E-state index >= 15 is 0 Å². The summed E-state index contributed by atoms with van der Waals surface area (Å²) in [7, 11) is 0. The van der Waals surface area contributed by atoms with Crippen LogP contribution in [0.25, 0.3) is 0 Å². The minimum Gasteiger partial charge on any atom is -0.394 e. The molecule has 0 bridgehead atoms. The molecule has 3 aliphatic rings. The van der Waals surface area contributed by atoms with E-state index < -0.39 is 124 Å². The van der Waals surface area contributed by atoms with E-state index in [0.717, 1.165) is 38.5 Å². The molecule has 19 heteroatoms. The van der Waals surface area contributed by atoms with Gasteiger partial charge in [0.25, 0.3) is 0 Å². The number of unbranched alkanes of at least 4 members (excludes halogenated alkanes) is 31. The minimum atomic E-state index is -1.98. The molecule has 0 aliphatic carbocycles. The Balaban J connectivity index is 1.44. The third kappa shape index (κ3) is 29.3. The zero-order valence-corrected chi connectivity index (χ0v) is 50.5. The van der Waals surface area contributed by atoms with Gasteiger partial charge in [-0.15, -0.1) is 0 Å². The van der Waals surface area contributed by atoms with Gasteiger partial charge in [-0.3, -0.25) is 4.79 Å². The van der Waals surface area contributed by atoms with Crippen LogP contribution in [0.5, 0.6) is 0 Å². The normalized spacial score (nSPS) is 29.7. The maximum atomic E-state index is 13.3. The van der Waals surface area contributed by atoms with Crippen LogP contribution in [0.2, 0.25) is 0 Å². The van der Waals surface area contributed by atoms with Crippen molar-refractivity contribution in [2.24, 2.45) is 0 Å². The molecule has 3 saturated heterocycles. The van der Waals surface area contributed by atoms with Gasteiger partial charge >= 0.3 is 0 Å². The van der Waals surface area contributed by atoms with Crippen LogP contribution in [0.4, 0.5) is 0 Å². The second-order valence-electron chi connectivity index (χ2n) is 23.6. The number of aliphatic hydroxyl groups is 11. The summed E-state index contributed by atoms with van der Waals surface area (Å²) in [5.41, 5.74) is 0. The average Bonchev–Trinajstić information content (AvgIpc) is 3.39. The summed E-state index contributed by atoms with van der Waals surface area (Å²) >= 11 is 0. The van der Waals surface area contributed by atoms with Crippen LogP contribution in [0.15, 0.2) is 24.3 Å². The first kappa shape index (κ1) is 74.5. The first-order valence-electron chi connectivity index (χ1n) is 32.6. The van der Waals surface area contributed by atoms with E-state index in [1.807, 2.05) is 6.08 Å². The van der Waals surface area contributed by atoms with E-state index in [1.165, 1.54) is 167 Å². The molecule has 482 valence electrons. The van der Waals surface area contributed by atoms with Gasteiger partial charge in [0.1, 0.15) is 73.2 Å². The Hall–Kier alpha value is -1.73. The van der Waals surface area contributed by atoms with Gasteiger partial charge in [0, 0.05) is 6.42 Å². The fourth-order valence-corrected chi connectivity index (χ4v) is 11.1. The quantitative estimate of drug-likeness (QED) is 0.0213. The van der Waals surface area contributed by atoms with Gasteiger partial charge in [0.05, 0.1) is 38.6 Å². The second-order valence-corrected chi connectivity index (χ2v) is 23.6. The van der Waals surface area contributed by atoms with Crippen LogP contribution in [0.1, 0.15) is 239 Å². The van der Waals surface area contributed by atoms with Gasteiger partial charge in [0.15, 0.2) is 18.9 Å². The molecule has 17 atom stereocenters. The molecule has 3 rings (SSSR count). The van der Waals surface area contributed by atoms with Crippen molar-refractivity contribution in [3.8, 4) is 0 Å². The number of carbonyl (C=O) groups excluding carboxylic acids is 1. The average molecular weight is 1180 g/mol. The highest BCUT2D eigenvalue weighted by Gasteiger charge is 2.53. The lowest BCUT2D eigenvalue weighted by atomic mass is 9.96. The zero-order valence-electron chi connectivity index (χ0n) is 50.5. The van der Waals surface area contributed by atoms with Crippen molar-refractivity contribution >= 4 is 5.91 Å². The van der Waals surface area contributed by atoms with Crippen molar-refractivity contribution in [3.05, 3.63) is 24.3 Å². The van der Waals surface area contributed by atoms with E-state index in [1.54, 1.807) is 6.08 Å². The summed E-state index contributed by atoms with van der Waals surface area (Å²) in [6.45, 7) is 1.71. The van der Waals surface area contributed by atoms with Crippen LogP contribution in [-0.2, 0) is 33.2 Å². The maximum Gasteiger partial charge on any atom is 0.220 e. The van der Waals surface area contributed by atoms with Crippen molar-refractivity contribution in [3.63, 3.8) is 0 Å². The molecule has 0 aromatic rings. The number of ether oxygens (including phenoxy) is 6.